The van der Waals surface area contributed by atoms with Gasteiger partial charge in [-0.3, -0.25) is 0 Å². The zero-order valence-corrected chi connectivity index (χ0v) is 9.75. The second kappa shape index (κ2) is 5.20. The van der Waals surface area contributed by atoms with Crippen LogP contribution in [0.2, 0.25) is 0 Å². The first kappa shape index (κ1) is 11.3. The monoisotopic (exact) mass is 194 g/mol. The Morgan fingerprint density at radius 3 is 2.64 bits per heavy atom. The van der Waals surface area contributed by atoms with Gasteiger partial charge in [-0.15, -0.1) is 0 Å². The maximum atomic E-state index is 3.44. The molecule has 0 aliphatic heterocycles. The summed E-state index contributed by atoms with van der Waals surface area (Å²) in [6, 6.07) is 4.79. The normalized spacial score (nSPS) is 13.5. The summed E-state index contributed by atoms with van der Waals surface area (Å²) < 4.78 is 2.35. The summed E-state index contributed by atoms with van der Waals surface area (Å²) in [6.07, 6.45) is 2.17. The summed E-state index contributed by atoms with van der Waals surface area (Å²) in [4.78, 5) is 0. The molecule has 0 radical (unpaired) electrons. The van der Waals surface area contributed by atoms with E-state index >= 15 is 0 Å². The molecule has 14 heavy (non-hydrogen) atoms. The molecule has 0 spiro atoms. The van der Waals surface area contributed by atoms with Gasteiger partial charge in [-0.1, -0.05) is 20.8 Å². The molecule has 0 aliphatic carbocycles. The van der Waals surface area contributed by atoms with E-state index in [1.807, 2.05) is 0 Å². The van der Waals surface area contributed by atoms with Crippen molar-refractivity contribution in [3.63, 3.8) is 0 Å². The largest absolute Gasteiger partial charge is 0.350 e. The first-order valence-corrected chi connectivity index (χ1v) is 5.53. The molecule has 2 nitrogen and oxygen atoms in total. The molecule has 0 bridgehead atoms. The van der Waals surface area contributed by atoms with Gasteiger partial charge in [0.05, 0.1) is 0 Å². The third kappa shape index (κ3) is 2.88. The number of rotatable bonds is 5. The summed E-state index contributed by atoms with van der Waals surface area (Å²) in [5.74, 6) is 0.704. The van der Waals surface area contributed by atoms with E-state index in [1.165, 1.54) is 5.69 Å². The van der Waals surface area contributed by atoms with Crippen molar-refractivity contribution in [3.05, 3.63) is 24.0 Å². The van der Waals surface area contributed by atoms with Gasteiger partial charge in [0, 0.05) is 24.5 Å². The molecule has 0 amide bonds. The van der Waals surface area contributed by atoms with Crippen LogP contribution >= 0.6 is 0 Å². The van der Waals surface area contributed by atoms with Crippen LogP contribution < -0.4 is 5.32 Å². The predicted molar refractivity (Wildman–Crippen MR) is 61.4 cm³/mol. The Bertz CT molecular complexity index is 263. The fourth-order valence-corrected chi connectivity index (χ4v) is 1.79. The van der Waals surface area contributed by atoms with Gasteiger partial charge in [-0.05, 0) is 31.5 Å². The highest BCUT2D eigenvalue weighted by Crippen LogP contribution is 2.14. The smallest absolute Gasteiger partial charge is 0.0446 e. The third-order valence-corrected chi connectivity index (χ3v) is 2.38. The fourth-order valence-electron chi connectivity index (χ4n) is 1.79. The summed E-state index contributed by atoms with van der Waals surface area (Å²) in [6.45, 7) is 11.0. The Morgan fingerprint density at radius 1 is 1.36 bits per heavy atom. The molecule has 1 N–H and O–H groups in total. The van der Waals surface area contributed by atoms with Gasteiger partial charge in [-0.2, -0.15) is 0 Å². The molecule has 1 unspecified atom stereocenters. The Balaban J connectivity index is 2.70. The molecular weight excluding hydrogens is 172 g/mol. The van der Waals surface area contributed by atoms with Crippen molar-refractivity contribution in [2.24, 2.45) is 5.92 Å². The van der Waals surface area contributed by atoms with Crippen LogP contribution in [0.3, 0.4) is 0 Å². The molecule has 0 aromatic carbocycles. The lowest BCUT2D eigenvalue weighted by Gasteiger charge is -2.17. The number of hydrogen-bond donors (Lipinski definition) is 1. The Labute approximate surface area is 87.3 Å². The molecular formula is C12H22N2. The fraction of sp³-hybridized carbons (Fsp3) is 0.667. The minimum atomic E-state index is 0.453. The lowest BCUT2D eigenvalue weighted by Crippen LogP contribution is -2.21. The molecule has 0 fully saturated rings. The summed E-state index contributed by atoms with van der Waals surface area (Å²) >= 11 is 0. The van der Waals surface area contributed by atoms with Crippen molar-refractivity contribution >= 4 is 0 Å². The Morgan fingerprint density at radius 2 is 2.07 bits per heavy atom. The molecule has 0 saturated heterocycles. The molecule has 0 saturated carbocycles. The van der Waals surface area contributed by atoms with Crippen LogP contribution in [-0.2, 0) is 6.54 Å². The van der Waals surface area contributed by atoms with E-state index in [1.54, 1.807) is 0 Å². The molecule has 1 aromatic rings. The topological polar surface area (TPSA) is 17.0 Å². The lowest BCUT2D eigenvalue weighted by atomic mass is 10.2. The van der Waals surface area contributed by atoms with Crippen LogP contribution in [-0.4, -0.2) is 11.1 Å². The molecule has 1 rings (SSSR count). The first-order valence-electron chi connectivity index (χ1n) is 5.53. The number of nitrogens with zero attached hydrogens (tertiary/aromatic N) is 1. The van der Waals surface area contributed by atoms with Crippen molar-refractivity contribution < 1.29 is 0 Å². The van der Waals surface area contributed by atoms with Crippen LogP contribution in [0, 0.1) is 5.92 Å². The third-order valence-electron chi connectivity index (χ3n) is 2.38. The molecule has 80 valence electrons. The van der Waals surface area contributed by atoms with Gasteiger partial charge >= 0.3 is 0 Å². The molecule has 0 aliphatic rings. The van der Waals surface area contributed by atoms with E-state index < -0.39 is 0 Å². The van der Waals surface area contributed by atoms with Crippen molar-refractivity contribution in [1.29, 1.82) is 0 Å². The quantitative estimate of drug-likeness (QED) is 0.762. The zero-order valence-electron chi connectivity index (χ0n) is 9.75. The summed E-state index contributed by atoms with van der Waals surface area (Å²) in [5, 5.41) is 3.44. The van der Waals surface area contributed by atoms with E-state index in [4.69, 9.17) is 0 Å². The molecule has 1 atom stereocenters. The average Bonchev–Trinajstić information content (AvgIpc) is 2.51. The van der Waals surface area contributed by atoms with Gasteiger partial charge in [0.15, 0.2) is 0 Å². The van der Waals surface area contributed by atoms with Crippen molar-refractivity contribution in [3.8, 4) is 0 Å². The van der Waals surface area contributed by atoms with E-state index in [0.29, 0.717) is 12.0 Å². The Hall–Kier alpha value is -0.760. The second-order valence-electron chi connectivity index (χ2n) is 4.26. The van der Waals surface area contributed by atoms with E-state index in [-0.39, 0.29) is 0 Å². The lowest BCUT2D eigenvalue weighted by molar-refractivity contribution is 0.478. The van der Waals surface area contributed by atoms with E-state index in [2.05, 4.69) is 55.9 Å². The van der Waals surface area contributed by atoms with Crippen LogP contribution in [0.15, 0.2) is 18.3 Å². The maximum Gasteiger partial charge on any atom is 0.0446 e. The maximum absolute atomic E-state index is 3.44. The molecule has 2 heteroatoms. The van der Waals surface area contributed by atoms with Crippen LogP contribution in [0.4, 0.5) is 0 Å². The van der Waals surface area contributed by atoms with Crippen LogP contribution in [0.1, 0.15) is 39.4 Å². The van der Waals surface area contributed by atoms with Gasteiger partial charge in [0.1, 0.15) is 0 Å². The van der Waals surface area contributed by atoms with Crippen molar-refractivity contribution in [2.75, 3.05) is 6.54 Å². The molecule has 1 heterocycles. The van der Waals surface area contributed by atoms with Crippen LogP contribution in [0.25, 0.3) is 0 Å². The highest BCUT2D eigenvalue weighted by atomic mass is 15.0. The predicted octanol–water partition coefficient (Wildman–Crippen LogP) is 2.81. The first-order chi connectivity index (χ1) is 6.65. The highest BCUT2D eigenvalue weighted by Gasteiger charge is 2.08. The van der Waals surface area contributed by atoms with Gasteiger partial charge in [-0.25, -0.2) is 0 Å². The van der Waals surface area contributed by atoms with Crippen molar-refractivity contribution in [2.45, 2.75) is 40.3 Å². The van der Waals surface area contributed by atoms with Gasteiger partial charge in [0.2, 0.25) is 0 Å². The second-order valence-corrected chi connectivity index (χ2v) is 4.26. The van der Waals surface area contributed by atoms with Gasteiger partial charge in [0.25, 0.3) is 0 Å². The molecule has 1 aromatic heterocycles. The summed E-state index contributed by atoms with van der Waals surface area (Å²) in [5.41, 5.74) is 1.39. The van der Waals surface area contributed by atoms with E-state index in [9.17, 15) is 0 Å². The van der Waals surface area contributed by atoms with Crippen molar-refractivity contribution in [1.82, 2.24) is 9.88 Å². The average molecular weight is 194 g/mol. The highest BCUT2D eigenvalue weighted by molar-refractivity contribution is 5.11. The van der Waals surface area contributed by atoms with Gasteiger partial charge < -0.3 is 9.88 Å². The summed E-state index contributed by atoms with van der Waals surface area (Å²) in [7, 11) is 0. The number of nitrogens with one attached hydrogen (secondary N) is 1. The Kier molecular flexibility index (Phi) is 4.21. The minimum Gasteiger partial charge on any atom is -0.350 e. The SMILES string of the molecule is CCNC(C)c1cccn1CC(C)C. The van der Waals surface area contributed by atoms with E-state index in [0.717, 1.165) is 13.1 Å². The number of aromatic nitrogens is 1. The zero-order chi connectivity index (χ0) is 10.6. The standard InChI is InChI=1S/C12H22N2/c1-5-13-11(4)12-7-6-8-14(12)9-10(2)3/h6-8,10-11,13H,5,9H2,1-4H3. The van der Waals surface area contributed by atoms with Crippen LogP contribution in [0.5, 0.6) is 0 Å². The number of hydrogen-bond acceptors (Lipinski definition) is 1. The minimum absolute atomic E-state index is 0.453.